The molecule has 1 atom stereocenters. The number of pyridine rings is 1. The van der Waals surface area contributed by atoms with Crippen molar-refractivity contribution in [3.05, 3.63) is 89.6 Å². The minimum Gasteiger partial charge on any atom is -0.464 e. The van der Waals surface area contributed by atoms with Gasteiger partial charge in [0.15, 0.2) is 0 Å². The number of sulfonamides is 1. The van der Waals surface area contributed by atoms with Crippen LogP contribution in [0.3, 0.4) is 0 Å². The van der Waals surface area contributed by atoms with E-state index in [-0.39, 0.29) is 11.5 Å². The van der Waals surface area contributed by atoms with E-state index in [0.29, 0.717) is 12.8 Å². The standard InChI is InChI=1S/C28H29N5O4S/c1-18-31-26-12-13-29-27(28(26)32-18)14-20-8-10-23(11-9-20)38(35,36)33(3)22(17-37-19(2)34)15-21-16-30-25-7-5-4-6-24(21)25/h4-13,16,22,30H,14-15,17H2,1-3H3,(H,31,32)/t22-/m0/s1. The van der Waals surface area contributed by atoms with Crippen molar-refractivity contribution in [2.24, 2.45) is 0 Å². The zero-order valence-corrected chi connectivity index (χ0v) is 22.2. The Kier molecular flexibility index (Phi) is 7.00. The van der Waals surface area contributed by atoms with E-state index in [1.165, 1.54) is 18.3 Å². The molecule has 3 aromatic heterocycles. The Balaban J connectivity index is 1.38. The molecule has 0 aliphatic rings. The summed E-state index contributed by atoms with van der Waals surface area (Å²) in [6.07, 6.45) is 4.51. The lowest BCUT2D eigenvalue weighted by molar-refractivity contribution is -0.142. The summed E-state index contributed by atoms with van der Waals surface area (Å²) in [6, 6.07) is 15.9. The molecule has 10 heteroatoms. The van der Waals surface area contributed by atoms with Crippen molar-refractivity contribution in [1.29, 1.82) is 0 Å². The molecule has 5 rings (SSSR count). The zero-order valence-electron chi connectivity index (χ0n) is 21.4. The number of ether oxygens (including phenoxy) is 1. The Bertz CT molecular complexity index is 1710. The second kappa shape index (κ2) is 10.4. The van der Waals surface area contributed by atoms with Crippen LogP contribution in [-0.4, -0.2) is 58.3 Å². The molecule has 0 saturated carbocycles. The monoisotopic (exact) mass is 531 g/mol. The lowest BCUT2D eigenvalue weighted by Crippen LogP contribution is -2.41. The molecule has 0 radical (unpaired) electrons. The Morgan fingerprint density at radius 2 is 1.84 bits per heavy atom. The number of carbonyl (C=O) groups is 1. The van der Waals surface area contributed by atoms with Crippen LogP contribution in [0.25, 0.3) is 21.9 Å². The predicted molar refractivity (Wildman–Crippen MR) is 145 cm³/mol. The van der Waals surface area contributed by atoms with Gasteiger partial charge < -0.3 is 14.7 Å². The van der Waals surface area contributed by atoms with Crippen LogP contribution < -0.4 is 0 Å². The van der Waals surface area contributed by atoms with Crippen LogP contribution in [0, 0.1) is 6.92 Å². The van der Waals surface area contributed by atoms with Gasteiger partial charge in [0.05, 0.1) is 22.1 Å². The van der Waals surface area contributed by atoms with Crippen molar-refractivity contribution in [2.75, 3.05) is 13.7 Å². The van der Waals surface area contributed by atoms with Crippen LogP contribution in [0.2, 0.25) is 0 Å². The van der Waals surface area contributed by atoms with E-state index in [2.05, 4.69) is 19.9 Å². The molecule has 0 fully saturated rings. The highest BCUT2D eigenvalue weighted by molar-refractivity contribution is 7.89. The molecule has 0 spiro atoms. The van der Waals surface area contributed by atoms with Gasteiger partial charge in [-0.15, -0.1) is 0 Å². The van der Waals surface area contributed by atoms with Crippen molar-refractivity contribution in [1.82, 2.24) is 24.2 Å². The zero-order chi connectivity index (χ0) is 26.9. The number of hydrogen-bond acceptors (Lipinski definition) is 6. The van der Waals surface area contributed by atoms with Crippen LogP contribution in [0.15, 0.2) is 71.9 Å². The molecule has 2 aromatic carbocycles. The summed E-state index contributed by atoms with van der Waals surface area (Å²) in [4.78, 5) is 27.2. The molecule has 38 heavy (non-hydrogen) atoms. The lowest BCUT2D eigenvalue weighted by atomic mass is 10.1. The maximum Gasteiger partial charge on any atom is 0.302 e. The quantitative estimate of drug-likeness (QED) is 0.276. The molecule has 2 N–H and O–H groups in total. The molecule has 0 bridgehead atoms. The summed E-state index contributed by atoms with van der Waals surface area (Å²) in [5, 5.41) is 1.01. The van der Waals surface area contributed by atoms with Gasteiger partial charge in [-0.3, -0.25) is 9.78 Å². The first-order chi connectivity index (χ1) is 18.2. The number of aryl methyl sites for hydroxylation is 1. The second-order valence-electron chi connectivity index (χ2n) is 9.34. The fourth-order valence-corrected chi connectivity index (χ4v) is 5.98. The van der Waals surface area contributed by atoms with Crippen molar-refractivity contribution >= 4 is 37.9 Å². The van der Waals surface area contributed by atoms with E-state index >= 15 is 0 Å². The van der Waals surface area contributed by atoms with Crippen molar-refractivity contribution in [2.45, 2.75) is 37.6 Å². The summed E-state index contributed by atoms with van der Waals surface area (Å²) >= 11 is 0. The minimum absolute atomic E-state index is 0.0542. The Labute approximate surface area is 220 Å². The van der Waals surface area contributed by atoms with Gasteiger partial charge in [-0.05, 0) is 48.7 Å². The van der Waals surface area contributed by atoms with Gasteiger partial charge in [0.1, 0.15) is 17.9 Å². The Morgan fingerprint density at radius 3 is 2.61 bits per heavy atom. The normalized spacial score (nSPS) is 12.8. The summed E-state index contributed by atoms with van der Waals surface area (Å²) < 4.78 is 33.8. The number of esters is 1. The molecule has 9 nitrogen and oxygen atoms in total. The number of fused-ring (bicyclic) bond motifs is 2. The van der Waals surface area contributed by atoms with Crippen molar-refractivity contribution < 1.29 is 17.9 Å². The number of carbonyl (C=O) groups excluding carboxylic acids is 1. The number of hydrogen-bond donors (Lipinski definition) is 2. The number of rotatable bonds is 9. The maximum atomic E-state index is 13.6. The lowest BCUT2D eigenvalue weighted by Gasteiger charge is -2.27. The Hall–Kier alpha value is -4.02. The first-order valence-electron chi connectivity index (χ1n) is 12.3. The van der Waals surface area contributed by atoms with E-state index < -0.39 is 22.0 Å². The van der Waals surface area contributed by atoms with E-state index in [1.54, 1.807) is 30.5 Å². The average molecular weight is 532 g/mol. The summed E-state index contributed by atoms with van der Waals surface area (Å²) in [5.41, 5.74) is 5.38. The number of aromatic amines is 2. The highest BCUT2D eigenvalue weighted by Crippen LogP contribution is 2.25. The highest BCUT2D eigenvalue weighted by Gasteiger charge is 2.30. The minimum atomic E-state index is -3.86. The number of para-hydroxylation sites is 1. The van der Waals surface area contributed by atoms with Crippen LogP contribution in [0.4, 0.5) is 0 Å². The number of likely N-dealkylation sites (N-methyl/N-ethyl adjacent to an activating group) is 1. The van der Waals surface area contributed by atoms with Gasteiger partial charge in [0.2, 0.25) is 10.0 Å². The molecule has 5 aromatic rings. The van der Waals surface area contributed by atoms with Gasteiger partial charge in [-0.1, -0.05) is 30.3 Å². The van der Waals surface area contributed by atoms with Gasteiger partial charge in [-0.25, -0.2) is 13.4 Å². The molecular weight excluding hydrogens is 502 g/mol. The fourth-order valence-electron chi connectivity index (χ4n) is 4.64. The summed E-state index contributed by atoms with van der Waals surface area (Å²) in [6.45, 7) is 3.16. The van der Waals surface area contributed by atoms with Crippen LogP contribution in [0.1, 0.15) is 29.6 Å². The van der Waals surface area contributed by atoms with E-state index in [4.69, 9.17) is 4.74 Å². The number of nitrogens with one attached hydrogen (secondary N) is 2. The number of imidazole rings is 1. The van der Waals surface area contributed by atoms with Gasteiger partial charge >= 0.3 is 5.97 Å². The SMILES string of the molecule is CC(=O)OC[C@H](Cc1c[nH]c2ccccc12)N(C)S(=O)(=O)c1ccc(Cc2nccc3[nH]c(C)nc23)cc1. The number of benzene rings is 2. The first kappa shape index (κ1) is 25.6. The molecular formula is C28H29N5O4S. The van der Waals surface area contributed by atoms with Gasteiger partial charge in [0, 0.05) is 43.7 Å². The molecule has 3 heterocycles. The van der Waals surface area contributed by atoms with E-state index in [1.807, 2.05) is 43.5 Å². The fraction of sp³-hybridized carbons (Fsp3) is 0.250. The summed E-state index contributed by atoms with van der Waals surface area (Å²) in [7, 11) is -2.34. The highest BCUT2D eigenvalue weighted by atomic mass is 32.2. The van der Waals surface area contributed by atoms with Crippen LogP contribution in [-0.2, 0) is 32.4 Å². The first-order valence-corrected chi connectivity index (χ1v) is 13.7. The third kappa shape index (κ3) is 5.18. The van der Waals surface area contributed by atoms with Crippen molar-refractivity contribution in [3.63, 3.8) is 0 Å². The summed E-state index contributed by atoms with van der Waals surface area (Å²) in [5.74, 6) is 0.356. The molecule has 196 valence electrons. The van der Waals surface area contributed by atoms with Crippen LogP contribution >= 0.6 is 0 Å². The maximum absolute atomic E-state index is 13.6. The molecule has 0 unspecified atom stereocenters. The number of aromatic nitrogens is 4. The third-order valence-corrected chi connectivity index (χ3v) is 8.61. The van der Waals surface area contributed by atoms with E-state index in [0.717, 1.165) is 44.6 Å². The smallest absolute Gasteiger partial charge is 0.302 e. The van der Waals surface area contributed by atoms with E-state index in [9.17, 15) is 13.2 Å². The largest absolute Gasteiger partial charge is 0.464 e. The number of nitrogens with zero attached hydrogens (tertiary/aromatic N) is 3. The molecule has 0 amide bonds. The third-order valence-electron chi connectivity index (χ3n) is 6.69. The molecule has 0 aliphatic heterocycles. The number of H-pyrrole nitrogens is 2. The molecule has 0 saturated heterocycles. The topological polar surface area (TPSA) is 121 Å². The Morgan fingerprint density at radius 1 is 1.08 bits per heavy atom. The second-order valence-corrected chi connectivity index (χ2v) is 11.3. The van der Waals surface area contributed by atoms with Crippen LogP contribution in [0.5, 0.6) is 0 Å². The van der Waals surface area contributed by atoms with Crippen molar-refractivity contribution in [3.8, 4) is 0 Å². The average Bonchev–Trinajstić information content (AvgIpc) is 3.49. The van der Waals surface area contributed by atoms with Gasteiger partial charge in [-0.2, -0.15) is 4.31 Å². The van der Waals surface area contributed by atoms with Gasteiger partial charge in [0.25, 0.3) is 0 Å². The molecule has 0 aliphatic carbocycles. The predicted octanol–water partition coefficient (Wildman–Crippen LogP) is 4.13.